The molecule has 0 unspecified atom stereocenters. The molecule has 0 atom stereocenters. The van der Waals surface area contributed by atoms with E-state index in [0.29, 0.717) is 10.8 Å². The molecule has 2 aromatic rings. The fourth-order valence-electron chi connectivity index (χ4n) is 1.50. The number of hydrogen-bond acceptors (Lipinski definition) is 3. The van der Waals surface area contributed by atoms with E-state index < -0.39 is 0 Å². The first kappa shape index (κ1) is 12.7. The first-order valence-corrected chi connectivity index (χ1v) is 5.68. The summed E-state index contributed by atoms with van der Waals surface area (Å²) < 4.78 is 5.48. The van der Waals surface area contributed by atoms with Crippen molar-refractivity contribution in [2.45, 2.75) is 0 Å². The average Bonchev–Trinajstić information content (AvgIpc) is 2.87. The van der Waals surface area contributed by atoms with Gasteiger partial charge in [0.25, 0.3) is 0 Å². The summed E-state index contributed by atoms with van der Waals surface area (Å²) in [5, 5.41) is 1.67. The average molecular weight is 266 g/mol. The number of carbonyl (C=O) groups is 1. The number of halogens is 1. The Morgan fingerprint density at radius 2 is 2.00 bits per heavy atom. The van der Waals surface area contributed by atoms with Crippen molar-refractivity contribution >= 4 is 17.5 Å². The van der Waals surface area contributed by atoms with Gasteiger partial charge >= 0.3 is 5.91 Å². The van der Waals surface area contributed by atoms with E-state index in [1.54, 1.807) is 18.2 Å². The molecule has 0 radical (unpaired) electrons. The van der Waals surface area contributed by atoms with Crippen LogP contribution in [-0.2, 0) is 4.84 Å². The molecular formula is C13H12ClNO3. The Morgan fingerprint density at radius 3 is 2.67 bits per heavy atom. The zero-order chi connectivity index (χ0) is 13.1. The number of hydrogen-bond donors (Lipinski definition) is 0. The normalized spacial score (nSPS) is 10.4. The minimum Gasteiger partial charge on any atom is -0.451 e. The van der Waals surface area contributed by atoms with Gasteiger partial charge in [0.2, 0.25) is 0 Å². The molecule has 1 aromatic heterocycles. The molecule has 0 bridgehead atoms. The van der Waals surface area contributed by atoms with Gasteiger partial charge in [-0.25, -0.2) is 5.06 Å². The highest BCUT2D eigenvalue weighted by atomic mass is 35.5. The second-order valence-corrected chi connectivity index (χ2v) is 4.04. The molecule has 1 heterocycles. The first-order valence-electron chi connectivity index (χ1n) is 5.30. The van der Waals surface area contributed by atoms with Crippen LogP contribution in [0.5, 0.6) is 0 Å². The maximum Gasteiger partial charge on any atom is 0.312 e. The van der Waals surface area contributed by atoms with Crippen LogP contribution in [0.2, 0.25) is 5.02 Å². The van der Waals surface area contributed by atoms with Gasteiger partial charge in [-0.15, -0.1) is 0 Å². The number of furan rings is 1. The lowest BCUT2D eigenvalue weighted by atomic mass is 10.2. The van der Waals surface area contributed by atoms with Crippen LogP contribution in [0.25, 0.3) is 11.3 Å². The first-order chi connectivity index (χ1) is 8.63. The van der Waals surface area contributed by atoms with E-state index in [-0.39, 0.29) is 11.7 Å². The van der Waals surface area contributed by atoms with Crippen molar-refractivity contribution < 1.29 is 14.0 Å². The third-order valence-corrected chi connectivity index (χ3v) is 2.85. The number of nitrogens with zero attached hydrogens (tertiary/aromatic N) is 1. The van der Waals surface area contributed by atoms with E-state index >= 15 is 0 Å². The lowest BCUT2D eigenvalue weighted by Gasteiger charge is -2.11. The molecule has 0 aliphatic rings. The maximum atomic E-state index is 11.8. The Kier molecular flexibility index (Phi) is 3.69. The zero-order valence-electron chi connectivity index (χ0n) is 10.0. The fraction of sp³-hybridized carbons (Fsp3) is 0.154. The van der Waals surface area contributed by atoms with Gasteiger partial charge < -0.3 is 4.42 Å². The van der Waals surface area contributed by atoms with Gasteiger partial charge in [0.05, 0.1) is 12.1 Å². The van der Waals surface area contributed by atoms with Crippen LogP contribution in [0.4, 0.5) is 0 Å². The quantitative estimate of drug-likeness (QED) is 0.800. The molecule has 0 saturated heterocycles. The molecule has 94 valence electrons. The Morgan fingerprint density at radius 1 is 1.28 bits per heavy atom. The number of rotatable bonds is 3. The van der Waals surface area contributed by atoms with Crippen molar-refractivity contribution in [3.8, 4) is 11.3 Å². The highest BCUT2D eigenvalue weighted by molar-refractivity contribution is 6.33. The van der Waals surface area contributed by atoms with E-state index in [2.05, 4.69) is 0 Å². The monoisotopic (exact) mass is 265 g/mol. The largest absolute Gasteiger partial charge is 0.451 e. The van der Waals surface area contributed by atoms with Crippen molar-refractivity contribution in [1.82, 2.24) is 5.06 Å². The van der Waals surface area contributed by atoms with Crippen molar-refractivity contribution in [2.75, 3.05) is 14.2 Å². The van der Waals surface area contributed by atoms with Gasteiger partial charge in [0.15, 0.2) is 5.76 Å². The van der Waals surface area contributed by atoms with Crippen molar-refractivity contribution in [2.24, 2.45) is 0 Å². The molecule has 18 heavy (non-hydrogen) atoms. The molecule has 0 N–H and O–H groups in total. The summed E-state index contributed by atoms with van der Waals surface area (Å²) in [5.74, 6) is 0.401. The maximum absolute atomic E-state index is 11.8. The predicted octanol–water partition coefficient (Wildman–Crippen LogP) is 3.23. The van der Waals surface area contributed by atoms with Crippen LogP contribution in [-0.4, -0.2) is 25.1 Å². The molecule has 2 rings (SSSR count). The summed E-state index contributed by atoms with van der Waals surface area (Å²) in [6, 6.07) is 10.6. The van der Waals surface area contributed by atoms with Crippen LogP contribution in [0, 0.1) is 0 Å². The summed E-state index contributed by atoms with van der Waals surface area (Å²) in [5.41, 5.74) is 0.748. The third-order valence-electron chi connectivity index (χ3n) is 2.52. The zero-order valence-corrected chi connectivity index (χ0v) is 10.8. The van der Waals surface area contributed by atoms with Crippen molar-refractivity contribution in [1.29, 1.82) is 0 Å². The molecule has 1 aromatic carbocycles. The van der Waals surface area contributed by atoms with Crippen LogP contribution < -0.4 is 0 Å². The van der Waals surface area contributed by atoms with Crippen LogP contribution >= 0.6 is 11.6 Å². The number of benzene rings is 1. The Hall–Kier alpha value is -1.78. The van der Waals surface area contributed by atoms with Crippen LogP contribution in [0.15, 0.2) is 40.8 Å². The molecular weight excluding hydrogens is 254 g/mol. The molecule has 0 aliphatic carbocycles. The summed E-state index contributed by atoms with van der Waals surface area (Å²) in [7, 11) is 2.93. The molecule has 4 nitrogen and oxygen atoms in total. The third kappa shape index (κ3) is 2.39. The van der Waals surface area contributed by atoms with Gasteiger partial charge in [-0.05, 0) is 24.3 Å². The van der Waals surface area contributed by atoms with Crippen molar-refractivity contribution in [3.63, 3.8) is 0 Å². The smallest absolute Gasteiger partial charge is 0.312 e. The van der Waals surface area contributed by atoms with Gasteiger partial charge in [-0.3, -0.25) is 9.63 Å². The van der Waals surface area contributed by atoms with E-state index in [9.17, 15) is 4.79 Å². The van der Waals surface area contributed by atoms with Gasteiger partial charge in [0.1, 0.15) is 5.76 Å². The van der Waals surface area contributed by atoms with Crippen molar-refractivity contribution in [3.05, 3.63) is 47.2 Å². The molecule has 5 heteroatoms. The number of hydroxylamine groups is 2. The fourth-order valence-corrected chi connectivity index (χ4v) is 1.73. The Bertz CT molecular complexity index is 565. The molecule has 0 fully saturated rings. The van der Waals surface area contributed by atoms with E-state index in [0.717, 1.165) is 10.6 Å². The highest BCUT2D eigenvalue weighted by Gasteiger charge is 2.17. The molecule has 1 amide bonds. The van der Waals surface area contributed by atoms with E-state index in [1.165, 1.54) is 14.2 Å². The molecule has 0 spiro atoms. The lowest BCUT2D eigenvalue weighted by molar-refractivity contribution is -0.0773. The molecule has 0 aliphatic heterocycles. The topological polar surface area (TPSA) is 42.7 Å². The molecule has 0 saturated carbocycles. The summed E-state index contributed by atoms with van der Waals surface area (Å²) in [6.07, 6.45) is 0. The standard InChI is InChI=1S/C13H12ClNO3/c1-15(17-2)13(16)12-8-7-11(18-12)9-5-3-4-6-10(9)14/h3-8H,1-2H3. The summed E-state index contributed by atoms with van der Waals surface area (Å²) in [4.78, 5) is 16.6. The minimum atomic E-state index is -0.351. The predicted molar refractivity (Wildman–Crippen MR) is 68.3 cm³/mol. The Balaban J connectivity index is 2.32. The second kappa shape index (κ2) is 5.25. The van der Waals surface area contributed by atoms with Gasteiger partial charge in [-0.1, -0.05) is 23.7 Å². The van der Waals surface area contributed by atoms with Crippen LogP contribution in [0.1, 0.15) is 10.6 Å². The van der Waals surface area contributed by atoms with Crippen LogP contribution in [0.3, 0.4) is 0 Å². The van der Waals surface area contributed by atoms with Gasteiger partial charge in [0, 0.05) is 12.6 Å². The van der Waals surface area contributed by atoms with E-state index in [4.69, 9.17) is 20.9 Å². The highest BCUT2D eigenvalue weighted by Crippen LogP contribution is 2.29. The minimum absolute atomic E-state index is 0.203. The lowest BCUT2D eigenvalue weighted by Crippen LogP contribution is -2.24. The second-order valence-electron chi connectivity index (χ2n) is 3.63. The summed E-state index contributed by atoms with van der Waals surface area (Å²) >= 11 is 6.06. The van der Waals surface area contributed by atoms with Gasteiger partial charge in [-0.2, -0.15) is 0 Å². The SMILES string of the molecule is CON(C)C(=O)c1ccc(-c2ccccc2Cl)o1. The van der Waals surface area contributed by atoms with E-state index in [1.807, 2.05) is 18.2 Å². The summed E-state index contributed by atoms with van der Waals surface area (Å²) in [6.45, 7) is 0. The number of amides is 1. The Labute approximate surface area is 110 Å². The number of carbonyl (C=O) groups excluding carboxylic acids is 1.